The Morgan fingerprint density at radius 2 is 1.80 bits per heavy atom. The van der Waals surface area contributed by atoms with Crippen molar-refractivity contribution in [1.29, 1.82) is 0 Å². The van der Waals surface area contributed by atoms with Gasteiger partial charge in [-0.15, -0.1) is 0 Å². The summed E-state index contributed by atoms with van der Waals surface area (Å²) in [7, 11) is -2.25. The molecule has 0 radical (unpaired) electrons. The lowest BCUT2D eigenvalue weighted by Gasteiger charge is -2.22. The quantitative estimate of drug-likeness (QED) is 0.738. The van der Waals surface area contributed by atoms with Crippen molar-refractivity contribution in [3.05, 3.63) is 24.3 Å². The minimum absolute atomic E-state index is 0.121. The van der Waals surface area contributed by atoms with Crippen molar-refractivity contribution in [2.45, 2.75) is 62.9 Å². The third-order valence-corrected chi connectivity index (χ3v) is 5.88. The molecule has 140 valence electrons. The predicted molar refractivity (Wildman–Crippen MR) is 97.0 cm³/mol. The van der Waals surface area contributed by atoms with Gasteiger partial charge in [0.05, 0.1) is 12.0 Å². The first kappa shape index (κ1) is 19.7. The minimum Gasteiger partial charge on any atom is -0.497 e. The Morgan fingerprint density at radius 1 is 1.20 bits per heavy atom. The highest BCUT2D eigenvalue weighted by molar-refractivity contribution is 7.89. The maximum atomic E-state index is 12.6. The van der Waals surface area contributed by atoms with Crippen LogP contribution in [-0.4, -0.2) is 33.5 Å². The van der Waals surface area contributed by atoms with Gasteiger partial charge in [0.15, 0.2) is 0 Å². The second kappa shape index (κ2) is 8.67. The van der Waals surface area contributed by atoms with Crippen molar-refractivity contribution in [3.8, 4) is 5.75 Å². The molecule has 1 amide bonds. The molecule has 0 saturated heterocycles. The van der Waals surface area contributed by atoms with Gasteiger partial charge in [0.1, 0.15) is 11.8 Å². The van der Waals surface area contributed by atoms with Crippen molar-refractivity contribution in [2.75, 3.05) is 7.11 Å². The molecule has 0 heterocycles. The van der Waals surface area contributed by atoms with Crippen LogP contribution in [0.4, 0.5) is 0 Å². The number of benzene rings is 1. The molecular formula is C18H28N2O4S. The summed E-state index contributed by atoms with van der Waals surface area (Å²) in [6, 6.07) is 5.51. The van der Waals surface area contributed by atoms with Gasteiger partial charge >= 0.3 is 0 Å². The second-order valence-electron chi connectivity index (χ2n) is 6.97. The zero-order valence-corrected chi connectivity index (χ0v) is 15.9. The molecule has 0 bridgehead atoms. The van der Waals surface area contributed by atoms with Crippen LogP contribution in [0.5, 0.6) is 5.75 Å². The molecule has 0 spiro atoms. The number of nitrogens with one attached hydrogen (secondary N) is 2. The van der Waals surface area contributed by atoms with E-state index >= 15 is 0 Å². The van der Waals surface area contributed by atoms with Crippen LogP contribution in [0.1, 0.15) is 46.0 Å². The molecule has 25 heavy (non-hydrogen) atoms. The molecular weight excluding hydrogens is 340 g/mol. The average Bonchev–Trinajstić information content (AvgIpc) is 3.06. The molecule has 1 aliphatic carbocycles. The van der Waals surface area contributed by atoms with E-state index in [2.05, 4.69) is 10.0 Å². The molecule has 1 fully saturated rings. The van der Waals surface area contributed by atoms with E-state index in [1.54, 1.807) is 12.1 Å². The number of amides is 1. The predicted octanol–water partition coefficient (Wildman–Crippen LogP) is 2.45. The van der Waals surface area contributed by atoms with Crippen LogP contribution in [0.3, 0.4) is 0 Å². The number of carbonyl (C=O) groups excluding carboxylic acids is 1. The van der Waals surface area contributed by atoms with Gasteiger partial charge in [-0.1, -0.05) is 26.7 Å². The Hall–Kier alpha value is -1.60. The summed E-state index contributed by atoms with van der Waals surface area (Å²) in [5.74, 6) is 0.534. The maximum Gasteiger partial charge on any atom is 0.241 e. The summed E-state index contributed by atoms with van der Waals surface area (Å²) >= 11 is 0. The molecule has 2 N–H and O–H groups in total. The van der Waals surface area contributed by atoms with E-state index in [4.69, 9.17) is 4.74 Å². The lowest BCUT2D eigenvalue weighted by Crippen LogP contribution is -2.49. The smallest absolute Gasteiger partial charge is 0.241 e. The number of sulfonamides is 1. The first-order chi connectivity index (χ1) is 11.8. The molecule has 1 saturated carbocycles. The summed E-state index contributed by atoms with van der Waals surface area (Å²) < 4.78 is 32.9. The third-order valence-electron chi connectivity index (χ3n) is 4.39. The van der Waals surface area contributed by atoms with Crippen LogP contribution in [0.15, 0.2) is 29.2 Å². The fourth-order valence-electron chi connectivity index (χ4n) is 3.06. The van der Waals surface area contributed by atoms with Gasteiger partial charge in [0, 0.05) is 6.04 Å². The largest absolute Gasteiger partial charge is 0.497 e. The molecule has 0 aliphatic heterocycles. The maximum absolute atomic E-state index is 12.6. The van der Waals surface area contributed by atoms with Crippen LogP contribution in [0, 0.1) is 5.92 Å². The van der Waals surface area contributed by atoms with Gasteiger partial charge in [-0.3, -0.25) is 4.79 Å². The molecule has 1 aliphatic rings. The molecule has 1 aromatic carbocycles. The van der Waals surface area contributed by atoms with Crippen molar-refractivity contribution in [3.63, 3.8) is 0 Å². The molecule has 0 unspecified atom stereocenters. The summed E-state index contributed by atoms with van der Waals surface area (Å²) in [6.07, 6.45) is 4.60. The highest BCUT2D eigenvalue weighted by atomic mass is 32.2. The lowest BCUT2D eigenvalue weighted by molar-refractivity contribution is -0.123. The van der Waals surface area contributed by atoms with Crippen molar-refractivity contribution >= 4 is 15.9 Å². The SMILES string of the molecule is COc1ccc(S(=O)(=O)N[C@@H](CC(C)C)C(=O)NC2CCCC2)cc1. The summed E-state index contributed by atoms with van der Waals surface area (Å²) in [5, 5.41) is 2.99. The van der Waals surface area contributed by atoms with Gasteiger partial charge in [0.25, 0.3) is 0 Å². The summed E-state index contributed by atoms with van der Waals surface area (Å²) in [4.78, 5) is 12.7. The second-order valence-corrected chi connectivity index (χ2v) is 8.68. The van der Waals surface area contributed by atoms with Gasteiger partial charge in [-0.05, 0) is 49.4 Å². The van der Waals surface area contributed by atoms with Crippen molar-refractivity contribution in [2.24, 2.45) is 5.92 Å². The van der Waals surface area contributed by atoms with Crippen LogP contribution in [-0.2, 0) is 14.8 Å². The highest BCUT2D eigenvalue weighted by Gasteiger charge is 2.28. The van der Waals surface area contributed by atoms with E-state index in [-0.39, 0.29) is 22.8 Å². The Kier molecular flexibility index (Phi) is 6.84. The monoisotopic (exact) mass is 368 g/mol. The highest BCUT2D eigenvalue weighted by Crippen LogP contribution is 2.19. The number of carbonyl (C=O) groups is 1. The average molecular weight is 368 g/mol. The number of ether oxygens (including phenoxy) is 1. The first-order valence-corrected chi connectivity index (χ1v) is 10.3. The topological polar surface area (TPSA) is 84.5 Å². The van der Waals surface area contributed by atoms with E-state index in [1.807, 2.05) is 13.8 Å². The number of hydrogen-bond donors (Lipinski definition) is 2. The Labute approximate surface area is 150 Å². The van der Waals surface area contributed by atoms with Crippen LogP contribution in [0.2, 0.25) is 0 Å². The number of rotatable bonds is 8. The van der Waals surface area contributed by atoms with Crippen molar-refractivity contribution < 1.29 is 17.9 Å². The normalized spacial score (nSPS) is 16.8. The Bertz CT molecular complexity index is 665. The van der Waals surface area contributed by atoms with E-state index < -0.39 is 16.1 Å². The molecule has 0 aromatic heterocycles. The van der Waals surface area contributed by atoms with Crippen LogP contribution < -0.4 is 14.8 Å². The van der Waals surface area contributed by atoms with Crippen LogP contribution >= 0.6 is 0 Å². The molecule has 6 nitrogen and oxygen atoms in total. The van der Waals surface area contributed by atoms with Gasteiger partial charge in [-0.25, -0.2) is 8.42 Å². The number of methoxy groups -OCH3 is 1. The number of hydrogen-bond acceptors (Lipinski definition) is 4. The Balaban J connectivity index is 2.11. The van der Waals surface area contributed by atoms with E-state index in [9.17, 15) is 13.2 Å². The molecule has 1 aromatic rings. The third kappa shape index (κ3) is 5.71. The molecule has 2 rings (SSSR count). The Morgan fingerprint density at radius 3 is 2.32 bits per heavy atom. The summed E-state index contributed by atoms with van der Waals surface area (Å²) in [5.41, 5.74) is 0. The zero-order chi connectivity index (χ0) is 18.4. The van der Waals surface area contributed by atoms with Gasteiger partial charge in [0.2, 0.25) is 15.9 Å². The fraction of sp³-hybridized carbons (Fsp3) is 0.611. The van der Waals surface area contributed by atoms with E-state index in [0.29, 0.717) is 12.2 Å². The first-order valence-electron chi connectivity index (χ1n) is 8.78. The minimum atomic E-state index is -3.78. The zero-order valence-electron chi connectivity index (χ0n) is 15.1. The fourth-order valence-corrected chi connectivity index (χ4v) is 4.27. The summed E-state index contributed by atoms with van der Waals surface area (Å²) in [6.45, 7) is 3.94. The van der Waals surface area contributed by atoms with Crippen molar-refractivity contribution in [1.82, 2.24) is 10.0 Å². The standard InChI is InChI=1S/C18H28N2O4S/c1-13(2)12-17(18(21)19-14-6-4-5-7-14)20-25(22,23)16-10-8-15(24-3)9-11-16/h8-11,13-14,17,20H,4-7,12H2,1-3H3,(H,19,21)/t17-/m0/s1. The molecule has 7 heteroatoms. The lowest BCUT2D eigenvalue weighted by atomic mass is 10.0. The molecule has 1 atom stereocenters. The van der Waals surface area contributed by atoms with Gasteiger partial charge in [-0.2, -0.15) is 4.72 Å². The van der Waals surface area contributed by atoms with E-state index in [0.717, 1.165) is 25.7 Å². The van der Waals surface area contributed by atoms with Crippen LogP contribution in [0.25, 0.3) is 0 Å². The van der Waals surface area contributed by atoms with E-state index in [1.165, 1.54) is 19.2 Å². The van der Waals surface area contributed by atoms with Gasteiger partial charge < -0.3 is 10.1 Å².